The van der Waals surface area contributed by atoms with Crippen LogP contribution >= 0.6 is 11.8 Å². The van der Waals surface area contributed by atoms with E-state index < -0.39 is 5.97 Å². The molecule has 2 heterocycles. The zero-order valence-corrected chi connectivity index (χ0v) is 13.2. The van der Waals surface area contributed by atoms with Crippen molar-refractivity contribution in [1.82, 2.24) is 20.1 Å². The number of carbonyl (C=O) groups excluding carboxylic acids is 1. The van der Waals surface area contributed by atoms with Crippen LogP contribution in [0.3, 0.4) is 0 Å². The van der Waals surface area contributed by atoms with Crippen LogP contribution in [0.1, 0.15) is 42.3 Å². The van der Waals surface area contributed by atoms with E-state index in [9.17, 15) is 4.79 Å². The standard InChI is InChI=1S/C13H17N5O3S/c1-3-5-10-16-9(18-21-10)7-22-13-15-6-8(11(14)17-13)12(19)20-4-2/h6H,3-5,7H2,1-2H3,(H2,14,15,17). The van der Waals surface area contributed by atoms with Crippen LogP contribution in [0.2, 0.25) is 0 Å². The zero-order valence-electron chi connectivity index (χ0n) is 12.4. The second-order valence-corrected chi connectivity index (χ2v) is 5.26. The molecule has 0 aromatic carbocycles. The van der Waals surface area contributed by atoms with Crippen LogP contribution in [-0.4, -0.2) is 32.7 Å². The fourth-order valence-electron chi connectivity index (χ4n) is 1.61. The average molecular weight is 323 g/mol. The highest BCUT2D eigenvalue weighted by atomic mass is 32.2. The topological polar surface area (TPSA) is 117 Å². The van der Waals surface area contributed by atoms with Gasteiger partial charge in [-0.15, -0.1) is 0 Å². The number of ether oxygens (including phenoxy) is 1. The SMILES string of the molecule is CCCc1nc(CSc2ncc(C(=O)OCC)c(N)n2)no1. The average Bonchev–Trinajstić information content (AvgIpc) is 2.93. The summed E-state index contributed by atoms with van der Waals surface area (Å²) < 4.78 is 9.96. The summed E-state index contributed by atoms with van der Waals surface area (Å²) in [6, 6.07) is 0. The van der Waals surface area contributed by atoms with Crippen molar-refractivity contribution in [2.75, 3.05) is 12.3 Å². The van der Waals surface area contributed by atoms with Crippen LogP contribution in [-0.2, 0) is 16.9 Å². The number of hydrogen-bond acceptors (Lipinski definition) is 9. The zero-order chi connectivity index (χ0) is 15.9. The van der Waals surface area contributed by atoms with Gasteiger partial charge in [0.25, 0.3) is 0 Å². The lowest BCUT2D eigenvalue weighted by Gasteiger charge is -2.05. The number of aromatic nitrogens is 4. The van der Waals surface area contributed by atoms with Crippen molar-refractivity contribution in [2.45, 2.75) is 37.6 Å². The summed E-state index contributed by atoms with van der Waals surface area (Å²) >= 11 is 1.31. The number of nitrogen functional groups attached to an aromatic ring is 1. The van der Waals surface area contributed by atoms with Crippen molar-refractivity contribution < 1.29 is 14.1 Å². The Labute approximate surface area is 131 Å². The maximum absolute atomic E-state index is 11.6. The molecule has 0 aliphatic carbocycles. The third kappa shape index (κ3) is 4.17. The smallest absolute Gasteiger partial charge is 0.343 e. The summed E-state index contributed by atoms with van der Waals surface area (Å²) in [5, 5.41) is 4.31. The molecule has 0 unspecified atom stereocenters. The van der Waals surface area contributed by atoms with Gasteiger partial charge in [-0.2, -0.15) is 4.98 Å². The molecule has 2 aromatic rings. The number of nitrogens with two attached hydrogens (primary N) is 1. The number of carbonyl (C=O) groups is 1. The summed E-state index contributed by atoms with van der Waals surface area (Å²) in [6.45, 7) is 4.03. The minimum absolute atomic E-state index is 0.0933. The van der Waals surface area contributed by atoms with Crippen molar-refractivity contribution in [3.8, 4) is 0 Å². The van der Waals surface area contributed by atoms with Crippen LogP contribution in [0.4, 0.5) is 5.82 Å². The van der Waals surface area contributed by atoms with Crippen molar-refractivity contribution in [3.05, 3.63) is 23.5 Å². The lowest BCUT2D eigenvalue weighted by Crippen LogP contribution is -2.10. The van der Waals surface area contributed by atoms with Crippen LogP contribution in [0.25, 0.3) is 0 Å². The third-order valence-corrected chi connectivity index (χ3v) is 3.45. The fourth-order valence-corrected chi connectivity index (χ4v) is 2.27. The van der Waals surface area contributed by atoms with Gasteiger partial charge in [-0.05, 0) is 13.3 Å². The van der Waals surface area contributed by atoms with Gasteiger partial charge in [0.05, 0.1) is 12.4 Å². The third-order valence-electron chi connectivity index (χ3n) is 2.60. The summed E-state index contributed by atoms with van der Waals surface area (Å²) in [7, 11) is 0. The minimum Gasteiger partial charge on any atom is -0.462 e. The van der Waals surface area contributed by atoms with Crippen molar-refractivity contribution in [1.29, 1.82) is 0 Å². The molecule has 0 aliphatic rings. The van der Waals surface area contributed by atoms with E-state index in [0.717, 1.165) is 12.8 Å². The predicted molar refractivity (Wildman–Crippen MR) is 80.3 cm³/mol. The van der Waals surface area contributed by atoms with Crippen LogP contribution in [0.15, 0.2) is 15.9 Å². The fraction of sp³-hybridized carbons (Fsp3) is 0.462. The molecule has 2 N–H and O–H groups in total. The minimum atomic E-state index is -0.529. The predicted octanol–water partition coefficient (Wildman–Crippen LogP) is 1.86. The highest BCUT2D eigenvalue weighted by Gasteiger charge is 2.14. The molecule has 118 valence electrons. The van der Waals surface area contributed by atoms with E-state index in [1.807, 2.05) is 6.92 Å². The molecule has 0 aliphatic heterocycles. The molecule has 0 spiro atoms. The van der Waals surface area contributed by atoms with E-state index in [4.69, 9.17) is 15.0 Å². The van der Waals surface area contributed by atoms with Gasteiger partial charge < -0.3 is 15.0 Å². The second kappa shape index (κ2) is 7.74. The summed E-state index contributed by atoms with van der Waals surface area (Å²) in [5.74, 6) is 1.22. The first kappa shape index (κ1) is 16.2. The number of thioether (sulfide) groups is 1. The molecule has 0 atom stereocenters. The molecule has 0 bridgehead atoms. The number of anilines is 1. The first-order valence-electron chi connectivity index (χ1n) is 6.87. The van der Waals surface area contributed by atoms with Crippen LogP contribution in [0.5, 0.6) is 0 Å². The molecule has 0 fully saturated rings. The van der Waals surface area contributed by atoms with E-state index in [1.54, 1.807) is 6.92 Å². The first-order valence-corrected chi connectivity index (χ1v) is 7.86. The maximum Gasteiger partial charge on any atom is 0.343 e. The molecule has 2 aromatic heterocycles. The Morgan fingerprint density at radius 1 is 1.41 bits per heavy atom. The summed E-state index contributed by atoms with van der Waals surface area (Å²) in [5.41, 5.74) is 5.91. The van der Waals surface area contributed by atoms with Gasteiger partial charge in [0.1, 0.15) is 11.4 Å². The lowest BCUT2D eigenvalue weighted by molar-refractivity contribution is 0.0526. The molecular weight excluding hydrogens is 306 g/mol. The number of rotatable bonds is 7. The highest BCUT2D eigenvalue weighted by molar-refractivity contribution is 7.98. The second-order valence-electron chi connectivity index (χ2n) is 4.31. The monoisotopic (exact) mass is 323 g/mol. The van der Waals surface area contributed by atoms with E-state index in [0.29, 0.717) is 22.6 Å². The van der Waals surface area contributed by atoms with Crippen LogP contribution < -0.4 is 5.73 Å². The Bertz CT molecular complexity index is 646. The molecule has 0 radical (unpaired) electrons. The van der Waals surface area contributed by atoms with Gasteiger partial charge in [0.2, 0.25) is 5.89 Å². The van der Waals surface area contributed by atoms with E-state index in [-0.39, 0.29) is 18.0 Å². The largest absolute Gasteiger partial charge is 0.462 e. The molecule has 22 heavy (non-hydrogen) atoms. The van der Waals surface area contributed by atoms with E-state index >= 15 is 0 Å². The van der Waals surface area contributed by atoms with Crippen molar-refractivity contribution >= 4 is 23.5 Å². The maximum atomic E-state index is 11.6. The van der Waals surface area contributed by atoms with Gasteiger partial charge in [-0.3, -0.25) is 0 Å². The highest BCUT2D eigenvalue weighted by Crippen LogP contribution is 2.20. The molecular formula is C13H17N5O3S. The Morgan fingerprint density at radius 2 is 2.23 bits per heavy atom. The molecule has 8 nitrogen and oxygen atoms in total. The normalized spacial score (nSPS) is 10.6. The van der Waals surface area contributed by atoms with E-state index in [2.05, 4.69) is 20.1 Å². The van der Waals surface area contributed by atoms with Gasteiger partial charge in [0, 0.05) is 12.6 Å². The number of esters is 1. The summed E-state index contributed by atoms with van der Waals surface area (Å²) in [6.07, 6.45) is 3.07. The Balaban J connectivity index is 1.98. The Morgan fingerprint density at radius 3 is 2.91 bits per heavy atom. The van der Waals surface area contributed by atoms with Crippen molar-refractivity contribution in [3.63, 3.8) is 0 Å². The quantitative estimate of drug-likeness (QED) is 0.462. The first-order chi connectivity index (χ1) is 10.6. The molecule has 2 rings (SSSR count). The van der Waals surface area contributed by atoms with Gasteiger partial charge >= 0.3 is 5.97 Å². The van der Waals surface area contributed by atoms with Crippen LogP contribution in [0, 0.1) is 0 Å². The van der Waals surface area contributed by atoms with Gasteiger partial charge in [0.15, 0.2) is 11.0 Å². The Kier molecular flexibility index (Phi) is 5.70. The number of aryl methyl sites for hydroxylation is 1. The number of nitrogens with zero attached hydrogens (tertiary/aromatic N) is 4. The van der Waals surface area contributed by atoms with E-state index in [1.165, 1.54) is 18.0 Å². The van der Waals surface area contributed by atoms with Gasteiger partial charge in [-0.25, -0.2) is 14.8 Å². The summed E-state index contributed by atoms with van der Waals surface area (Å²) in [4.78, 5) is 24.0. The van der Waals surface area contributed by atoms with Gasteiger partial charge in [-0.1, -0.05) is 23.8 Å². The molecule has 9 heteroatoms. The van der Waals surface area contributed by atoms with Crippen molar-refractivity contribution in [2.24, 2.45) is 0 Å². The molecule has 0 saturated heterocycles. The lowest BCUT2D eigenvalue weighted by atomic mass is 10.3. The Hall–Kier alpha value is -2.16. The number of hydrogen-bond donors (Lipinski definition) is 1. The molecule has 0 saturated carbocycles. The molecule has 0 amide bonds.